The molecule has 2 rings (SSSR count). The van der Waals surface area contributed by atoms with E-state index in [1.807, 2.05) is 30.3 Å². The standard InChI is InChI=1S/C15H11NO3/c17-15(10-9-12-5-2-1-3-6-12)13-7-4-8-14(11-13)16(18)19/h1-11H/b10-9-. The summed E-state index contributed by atoms with van der Waals surface area (Å²) in [6.45, 7) is 0. The summed E-state index contributed by atoms with van der Waals surface area (Å²) in [5.41, 5.74) is 1.13. The Bertz CT molecular complexity index is 633. The fourth-order valence-electron chi connectivity index (χ4n) is 1.61. The largest absolute Gasteiger partial charge is 0.289 e. The number of non-ortho nitro benzene ring substituents is 1. The monoisotopic (exact) mass is 253 g/mol. The van der Waals surface area contributed by atoms with Crippen molar-refractivity contribution in [2.75, 3.05) is 0 Å². The third-order valence-electron chi connectivity index (χ3n) is 2.57. The quantitative estimate of drug-likeness (QED) is 0.362. The molecule has 0 bridgehead atoms. The average Bonchev–Trinajstić information content (AvgIpc) is 2.46. The SMILES string of the molecule is O=C(/C=C\c1ccccc1)c1cccc([N+](=O)[O-])c1. The number of allylic oxidation sites excluding steroid dienone is 1. The summed E-state index contributed by atoms with van der Waals surface area (Å²) in [6.07, 6.45) is 3.09. The van der Waals surface area contributed by atoms with Gasteiger partial charge in [0.2, 0.25) is 0 Å². The van der Waals surface area contributed by atoms with Gasteiger partial charge < -0.3 is 0 Å². The highest BCUT2D eigenvalue weighted by Gasteiger charge is 2.08. The van der Waals surface area contributed by atoms with Gasteiger partial charge in [0.25, 0.3) is 5.69 Å². The van der Waals surface area contributed by atoms with Crippen molar-refractivity contribution in [1.29, 1.82) is 0 Å². The molecule has 0 saturated heterocycles. The van der Waals surface area contributed by atoms with E-state index in [9.17, 15) is 14.9 Å². The molecule has 2 aromatic carbocycles. The lowest BCUT2D eigenvalue weighted by Crippen LogP contribution is -1.96. The predicted molar refractivity (Wildman–Crippen MR) is 72.9 cm³/mol. The van der Waals surface area contributed by atoms with Crippen molar-refractivity contribution < 1.29 is 9.72 Å². The van der Waals surface area contributed by atoms with Crippen molar-refractivity contribution in [3.05, 3.63) is 81.9 Å². The highest BCUT2D eigenvalue weighted by molar-refractivity contribution is 6.07. The van der Waals surface area contributed by atoms with Gasteiger partial charge in [-0.3, -0.25) is 14.9 Å². The van der Waals surface area contributed by atoms with E-state index in [2.05, 4.69) is 0 Å². The molecule has 19 heavy (non-hydrogen) atoms. The third-order valence-corrected chi connectivity index (χ3v) is 2.57. The number of hydrogen-bond donors (Lipinski definition) is 0. The van der Waals surface area contributed by atoms with Crippen molar-refractivity contribution in [3.63, 3.8) is 0 Å². The molecule has 0 saturated carbocycles. The summed E-state index contributed by atoms with van der Waals surface area (Å²) in [5, 5.41) is 10.6. The van der Waals surface area contributed by atoms with Gasteiger partial charge in [-0.15, -0.1) is 0 Å². The molecule has 0 aliphatic heterocycles. The van der Waals surface area contributed by atoms with E-state index >= 15 is 0 Å². The van der Waals surface area contributed by atoms with Crippen LogP contribution in [0, 0.1) is 10.1 Å². The Hall–Kier alpha value is -2.75. The van der Waals surface area contributed by atoms with E-state index in [1.165, 1.54) is 24.3 Å². The second-order valence-corrected chi connectivity index (χ2v) is 3.92. The Labute approximate surface area is 110 Å². The maximum atomic E-state index is 11.9. The Balaban J connectivity index is 2.18. The van der Waals surface area contributed by atoms with Crippen LogP contribution < -0.4 is 0 Å². The van der Waals surface area contributed by atoms with Gasteiger partial charge in [-0.1, -0.05) is 48.5 Å². The zero-order valence-electron chi connectivity index (χ0n) is 10.0. The molecule has 4 heteroatoms. The minimum atomic E-state index is -0.516. The highest BCUT2D eigenvalue weighted by atomic mass is 16.6. The number of hydrogen-bond acceptors (Lipinski definition) is 3. The van der Waals surface area contributed by atoms with Gasteiger partial charge >= 0.3 is 0 Å². The minimum absolute atomic E-state index is 0.0843. The van der Waals surface area contributed by atoms with Crippen LogP contribution in [0.4, 0.5) is 5.69 Å². The molecule has 94 valence electrons. The first-order valence-corrected chi connectivity index (χ1v) is 5.69. The summed E-state index contributed by atoms with van der Waals surface area (Å²) in [5.74, 6) is -0.257. The zero-order chi connectivity index (χ0) is 13.7. The van der Waals surface area contributed by atoms with Crippen LogP contribution in [0.15, 0.2) is 60.7 Å². The molecule has 0 atom stereocenters. The fourth-order valence-corrected chi connectivity index (χ4v) is 1.61. The lowest BCUT2D eigenvalue weighted by molar-refractivity contribution is -0.384. The molecule has 2 aromatic rings. The van der Waals surface area contributed by atoms with Crippen LogP contribution in [0.1, 0.15) is 15.9 Å². The van der Waals surface area contributed by atoms with Crippen LogP contribution in [0.3, 0.4) is 0 Å². The van der Waals surface area contributed by atoms with Gasteiger partial charge in [-0.25, -0.2) is 0 Å². The molecule has 0 radical (unpaired) electrons. The lowest BCUT2D eigenvalue weighted by atomic mass is 10.1. The number of carbonyl (C=O) groups excluding carboxylic acids is 1. The Morgan fingerprint density at radius 3 is 2.47 bits per heavy atom. The molecular weight excluding hydrogens is 242 g/mol. The van der Waals surface area contributed by atoms with Gasteiger partial charge in [0.05, 0.1) is 4.92 Å². The first-order chi connectivity index (χ1) is 9.16. The average molecular weight is 253 g/mol. The number of nitro benzene ring substituents is 1. The molecule has 4 nitrogen and oxygen atoms in total. The third kappa shape index (κ3) is 3.35. The van der Waals surface area contributed by atoms with Gasteiger partial charge in [0.1, 0.15) is 0 Å². The maximum Gasteiger partial charge on any atom is 0.270 e. The number of nitrogens with zero attached hydrogens (tertiary/aromatic N) is 1. The summed E-state index contributed by atoms with van der Waals surface area (Å²) in [6, 6.07) is 15.1. The van der Waals surface area contributed by atoms with E-state index in [4.69, 9.17) is 0 Å². The molecule has 0 aliphatic rings. The number of rotatable bonds is 4. The normalized spacial score (nSPS) is 10.5. The van der Waals surface area contributed by atoms with E-state index in [0.717, 1.165) is 5.56 Å². The molecule has 0 spiro atoms. The topological polar surface area (TPSA) is 60.2 Å². The summed E-state index contributed by atoms with van der Waals surface area (Å²) in [7, 11) is 0. The molecule has 0 heterocycles. The van der Waals surface area contributed by atoms with Crippen LogP contribution in [-0.4, -0.2) is 10.7 Å². The lowest BCUT2D eigenvalue weighted by Gasteiger charge is -1.96. The molecule has 0 aromatic heterocycles. The van der Waals surface area contributed by atoms with Crippen LogP contribution in [0.5, 0.6) is 0 Å². The summed E-state index contributed by atoms with van der Waals surface area (Å²) < 4.78 is 0. The molecule has 0 fully saturated rings. The smallest absolute Gasteiger partial charge is 0.270 e. The number of nitro groups is 1. The molecule has 0 aliphatic carbocycles. The first kappa shape index (κ1) is 12.7. The Morgan fingerprint density at radius 2 is 1.79 bits per heavy atom. The van der Waals surface area contributed by atoms with Crippen molar-refractivity contribution in [3.8, 4) is 0 Å². The molecular formula is C15H11NO3. The Kier molecular flexibility index (Phi) is 3.83. The van der Waals surface area contributed by atoms with Crippen LogP contribution >= 0.6 is 0 Å². The second-order valence-electron chi connectivity index (χ2n) is 3.92. The highest BCUT2D eigenvalue weighted by Crippen LogP contribution is 2.14. The molecule has 0 unspecified atom stereocenters. The van der Waals surface area contributed by atoms with Crippen molar-refractivity contribution in [2.24, 2.45) is 0 Å². The van der Waals surface area contributed by atoms with Crippen molar-refractivity contribution in [2.45, 2.75) is 0 Å². The van der Waals surface area contributed by atoms with Gasteiger partial charge in [-0.05, 0) is 11.6 Å². The van der Waals surface area contributed by atoms with Crippen LogP contribution in [-0.2, 0) is 0 Å². The van der Waals surface area contributed by atoms with Crippen molar-refractivity contribution in [1.82, 2.24) is 0 Å². The van der Waals surface area contributed by atoms with E-state index in [-0.39, 0.29) is 11.5 Å². The van der Waals surface area contributed by atoms with E-state index < -0.39 is 4.92 Å². The second kappa shape index (κ2) is 5.73. The minimum Gasteiger partial charge on any atom is -0.289 e. The summed E-state index contributed by atoms with van der Waals surface area (Å²) in [4.78, 5) is 22.0. The fraction of sp³-hybridized carbons (Fsp3) is 0. The predicted octanol–water partition coefficient (Wildman–Crippen LogP) is 3.49. The van der Waals surface area contributed by atoms with Gasteiger partial charge in [0, 0.05) is 17.7 Å². The number of carbonyl (C=O) groups is 1. The number of benzene rings is 2. The van der Waals surface area contributed by atoms with E-state index in [1.54, 1.807) is 12.1 Å². The van der Waals surface area contributed by atoms with Gasteiger partial charge in [0.15, 0.2) is 5.78 Å². The zero-order valence-corrected chi connectivity index (χ0v) is 10.0. The molecule has 0 amide bonds. The van der Waals surface area contributed by atoms with Gasteiger partial charge in [-0.2, -0.15) is 0 Å². The maximum absolute atomic E-state index is 11.9. The summed E-state index contributed by atoms with van der Waals surface area (Å²) >= 11 is 0. The Morgan fingerprint density at radius 1 is 1.05 bits per heavy atom. The first-order valence-electron chi connectivity index (χ1n) is 5.69. The van der Waals surface area contributed by atoms with E-state index in [0.29, 0.717) is 5.56 Å². The van der Waals surface area contributed by atoms with Crippen molar-refractivity contribution >= 4 is 17.5 Å². The number of ketones is 1. The van der Waals surface area contributed by atoms with Crippen LogP contribution in [0.25, 0.3) is 6.08 Å². The van der Waals surface area contributed by atoms with Crippen LogP contribution in [0.2, 0.25) is 0 Å². The molecule has 0 N–H and O–H groups in total.